The first-order valence-corrected chi connectivity index (χ1v) is 47.7. The quantitative estimate of drug-likeness (QED) is 0.0281. The highest BCUT2D eigenvalue weighted by Crippen LogP contribution is 2.46. The SMILES string of the molecule is C[N+]1(Cc2cc(OCc3cc(OCc4cc(OCc5ccccc5)cc(OCc5ccccc5)c4)cc(OCc4cc(OCc5ccccc5)cc(OCc5ccccc5)c4)c3)cc(OCc3cc(OCc4cc(OCc5ccccc5)cc(OCc5ccccc5)c4)cc(OCc4cc(OCc5ccccc5)cc(OCc5ccccc5)c4)c3)c2)[C@@H]2CC[C@H]1CC(OC(=O)C(CO)c1ccccc1)C2.[Br-]. The fraction of sp³-hybridized carbons (Fsp3) is 0.205. The van der Waals surface area contributed by atoms with E-state index >= 15 is 0 Å². The van der Waals surface area contributed by atoms with E-state index in [4.69, 9.17) is 71.1 Å². The van der Waals surface area contributed by atoms with Crippen molar-refractivity contribution in [2.45, 2.75) is 149 Å². The molecule has 16 aromatic rings. The van der Waals surface area contributed by atoms with Crippen molar-refractivity contribution >= 4 is 5.97 Å². The largest absolute Gasteiger partial charge is 1.00 e. The van der Waals surface area contributed by atoms with Crippen LogP contribution in [0.3, 0.4) is 0 Å². The zero-order valence-corrected chi connectivity index (χ0v) is 80.4. The molecular formula is C122H114BrNO17. The van der Waals surface area contributed by atoms with Gasteiger partial charge in [-0.25, -0.2) is 0 Å². The highest BCUT2D eigenvalue weighted by Gasteiger charge is 2.53. The molecule has 0 amide bonds. The van der Waals surface area contributed by atoms with Crippen LogP contribution in [0, 0.1) is 0 Å². The lowest BCUT2D eigenvalue weighted by molar-refractivity contribution is -0.961. The van der Waals surface area contributed by atoms with Crippen molar-refractivity contribution in [1.82, 2.24) is 0 Å². The van der Waals surface area contributed by atoms with Gasteiger partial charge in [0.05, 0.1) is 25.7 Å². The average Bonchev–Trinajstić information content (AvgIpc) is 1.61. The number of benzene rings is 16. The van der Waals surface area contributed by atoms with Crippen molar-refractivity contribution in [3.05, 3.63) is 489 Å². The third-order valence-electron chi connectivity index (χ3n) is 25.0. The van der Waals surface area contributed by atoms with Gasteiger partial charge in [0.15, 0.2) is 0 Å². The topological polar surface area (TPSA) is 176 Å². The lowest BCUT2D eigenvalue weighted by Gasteiger charge is -2.47. The second-order valence-electron chi connectivity index (χ2n) is 35.7. The van der Waals surface area contributed by atoms with Gasteiger partial charge in [-0.05, 0) is 168 Å². The number of halogens is 1. The van der Waals surface area contributed by atoms with E-state index in [9.17, 15) is 9.90 Å². The monoisotopic (exact) mass is 1940 g/mol. The number of piperidine rings is 1. The summed E-state index contributed by atoms with van der Waals surface area (Å²) in [6, 6.07) is 132. The van der Waals surface area contributed by atoms with Crippen LogP contribution in [-0.2, 0) is 109 Å². The zero-order chi connectivity index (χ0) is 95.1. The number of carbonyl (C=O) groups is 1. The Morgan fingerprint density at radius 1 is 0.241 bits per heavy atom. The first-order chi connectivity index (χ1) is 68.9. The normalized spacial score (nSPS) is 14.7. The number of fused-ring (bicyclic) bond motifs is 2. The molecule has 2 saturated heterocycles. The molecule has 19 heteroatoms. The van der Waals surface area contributed by atoms with E-state index in [2.05, 4.69) is 19.2 Å². The molecule has 5 atom stereocenters. The minimum atomic E-state index is -0.787. The molecule has 2 fully saturated rings. The van der Waals surface area contributed by atoms with Crippen LogP contribution in [-0.4, -0.2) is 47.4 Å². The molecule has 716 valence electrons. The molecule has 16 aromatic carbocycles. The van der Waals surface area contributed by atoms with Gasteiger partial charge in [0.1, 0.15) is 192 Å². The summed E-state index contributed by atoms with van der Waals surface area (Å²) >= 11 is 0. The number of hydrogen-bond acceptors (Lipinski definition) is 17. The number of rotatable bonds is 48. The summed E-state index contributed by atoms with van der Waals surface area (Å²) in [5.74, 6) is 7.02. The van der Waals surface area contributed by atoms with Crippen LogP contribution in [0.2, 0.25) is 0 Å². The maximum atomic E-state index is 14.1. The molecule has 2 aliphatic heterocycles. The van der Waals surface area contributed by atoms with Gasteiger partial charge in [-0.2, -0.15) is 0 Å². The standard InChI is InChI=1S/C122H114NO17.BrH/c1-123(104-47-48-105(123)64-120(63-104)140-122(125)121(73-124)103-45-27-10-28-46-103)72-96-49-106(134-82-101-59-116(136-84-97-51-108(126-74-88-29-11-2-12-30-88)66-109(52-97)127-75-89-31-13-3-14-32-89)70-117(60-101)137-85-98-53-110(128-76-90-33-15-4-16-34-90)67-111(54-98)129-77-91-35-17-5-18-36-91)65-107(50-96)135-83-102-61-118(138-86-99-55-112(130-78-92-37-19-6-20-38-92)68-113(56-99)131-79-93-39-21-7-22-40-93)71-119(62-102)139-87-100-57-114(132-80-94-41-23-8-24-42-94)69-115(58-100)133-81-95-43-25-9-26-44-95;/h2-46,49-62,65-71,104-105,120-121,124H,47-48,63-64,72-87H2,1H3;1H/q+1;/p-1/t104-,105+,120?,121?,123?;. The Hall–Kier alpha value is -15.4. The van der Waals surface area contributed by atoms with Gasteiger partial charge in [-0.3, -0.25) is 4.79 Å². The number of quaternary nitrogens is 1. The fourth-order valence-corrected chi connectivity index (χ4v) is 17.8. The third-order valence-corrected chi connectivity index (χ3v) is 25.0. The Morgan fingerprint density at radius 2 is 0.404 bits per heavy atom. The van der Waals surface area contributed by atoms with Crippen molar-refractivity contribution < 1.29 is 102 Å². The Bertz CT molecular complexity index is 5720. The van der Waals surface area contributed by atoms with Gasteiger partial charge >= 0.3 is 5.97 Å². The van der Waals surface area contributed by atoms with Crippen LogP contribution >= 0.6 is 0 Å². The summed E-state index contributed by atoms with van der Waals surface area (Å²) in [5.41, 5.74) is 14.7. The number of carbonyl (C=O) groups excluding carboxylic acids is 1. The zero-order valence-electron chi connectivity index (χ0n) is 78.9. The summed E-state index contributed by atoms with van der Waals surface area (Å²) in [7, 11) is 2.33. The summed E-state index contributed by atoms with van der Waals surface area (Å²) in [6.07, 6.45) is 2.91. The molecule has 18 rings (SSSR count). The molecule has 2 aliphatic rings. The van der Waals surface area contributed by atoms with Crippen molar-refractivity contribution in [3.8, 4) is 80.5 Å². The lowest BCUT2D eigenvalue weighted by atomic mass is 9.94. The molecule has 0 saturated carbocycles. The van der Waals surface area contributed by atoms with E-state index in [1.54, 1.807) is 0 Å². The Balaban J connectivity index is 0.0000137. The van der Waals surface area contributed by atoms with E-state index in [1.165, 1.54) is 0 Å². The van der Waals surface area contributed by atoms with Crippen LogP contribution in [0.15, 0.2) is 400 Å². The lowest BCUT2D eigenvalue weighted by Crippen LogP contribution is -3.00. The molecule has 3 unspecified atom stereocenters. The molecule has 18 nitrogen and oxygen atoms in total. The summed E-state index contributed by atoms with van der Waals surface area (Å²) < 4.78 is 101. The van der Waals surface area contributed by atoms with Crippen molar-refractivity contribution in [3.63, 3.8) is 0 Å². The van der Waals surface area contributed by atoms with Gasteiger partial charge in [0.2, 0.25) is 0 Å². The highest BCUT2D eigenvalue weighted by atomic mass is 79.9. The number of hydrogen-bond donors (Lipinski definition) is 1. The molecule has 0 aliphatic carbocycles. The van der Waals surface area contributed by atoms with E-state index in [0.29, 0.717) is 157 Å². The second-order valence-corrected chi connectivity index (χ2v) is 35.7. The van der Waals surface area contributed by atoms with Crippen LogP contribution in [0.25, 0.3) is 0 Å². The molecule has 0 radical (unpaired) electrons. The molecule has 1 N–H and O–H groups in total. The van der Waals surface area contributed by atoms with Crippen LogP contribution in [0.1, 0.15) is 121 Å². The molecule has 2 heterocycles. The number of ether oxygens (including phenoxy) is 15. The Labute approximate surface area is 835 Å². The minimum Gasteiger partial charge on any atom is -1.00 e. The van der Waals surface area contributed by atoms with Crippen LogP contribution in [0.5, 0.6) is 80.5 Å². The maximum absolute atomic E-state index is 14.1. The Kier molecular flexibility index (Phi) is 34.0. The minimum absolute atomic E-state index is 0. The predicted octanol–water partition coefficient (Wildman–Crippen LogP) is 22.8. The van der Waals surface area contributed by atoms with Crippen molar-refractivity contribution in [2.75, 3.05) is 13.7 Å². The first-order valence-electron chi connectivity index (χ1n) is 47.7. The van der Waals surface area contributed by atoms with Gasteiger partial charge in [0, 0.05) is 73.7 Å². The molecule has 2 bridgehead atoms. The van der Waals surface area contributed by atoms with E-state index < -0.39 is 11.9 Å². The predicted molar refractivity (Wildman–Crippen MR) is 539 cm³/mol. The average molecular weight is 1950 g/mol. The summed E-state index contributed by atoms with van der Waals surface area (Å²) in [4.78, 5) is 14.1. The first kappa shape index (κ1) is 97.2. The highest BCUT2D eigenvalue weighted by molar-refractivity contribution is 5.78. The molecule has 0 spiro atoms. The van der Waals surface area contributed by atoms with Crippen LogP contribution in [0.4, 0.5) is 0 Å². The molecule has 0 aromatic heterocycles. The molecule has 141 heavy (non-hydrogen) atoms. The smallest absolute Gasteiger partial charge is 0.316 e. The van der Waals surface area contributed by atoms with Crippen molar-refractivity contribution in [2.24, 2.45) is 0 Å². The molecular weight excluding hydrogens is 1830 g/mol. The van der Waals surface area contributed by atoms with Gasteiger partial charge in [-0.15, -0.1) is 0 Å². The summed E-state index contributed by atoms with van der Waals surface area (Å²) in [5, 5.41) is 10.6. The van der Waals surface area contributed by atoms with Gasteiger partial charge < -0.3 is 97.6 Å². The van der Waals surface area contributed by atoms with Gasteiger partial charge in [0.25, 0.3) is 0 Å². The maximum Gasteiger partial charge on any atom is 0.316 e. The second kappa shape index (κ2) is 49.2. The van der Waals surface area contributed by atoms with E-state index in [1.807, 2.05) is 388 Å². The number of esters is 1. The van der Waals surface area contributed by atoms with E-state index in [0.717, 1.165) is 102 Å². The fourth-order valence-electron chi connectivity index (χ4n) is 17.8. The number of aliphatic hydroxyl groups excluding tert-OH is 1. The van der Waals surface area contributed by atoms with Gasteiger partial charge in [-0.1, -0.05) is 273 Å². The number of nitrogens with zero attached hydrogens (tertiary/aromatic N) is 1. The van der Waals surface area contributed by atoms with Crippen LogP contribution < -0.4 is 83.3 Å². The third kappa shape index (κ3) is 28.9. The number of aliphatic hydroxyl groups is 1. The van der Waals surface area contributed by atoms with Crippen molar-refractivity contribution in [1.29, 1.82) is 0 Å². The Morgan fingerprint density at radius 3 is 0.582 bits per heavy atom. The summed E-state index contributed by atoms with van der Waals surface area (Å²) in [6.45, 7) is 3.75. The van der Waals surface area contributed by atoms with E-state index in [-0.39, 0.29) is 81.4 Å².